The Labute approximate surface area is 234 Å². The fraction of sp³-hybridized carbons (Fsp3) is 0.333. The molecular weight excluding hydrogens is 517 g/mol. The molecule has 0 bridgehead atoms. The maximum atomic E-state index is 13.4. The summed E-state index contributed by atoms with van der Waals surface area (Å²) in [6, 6.07) is 20.7. The summed E-state index contributed by atoms with van der Waals surface area (Å²) in [7, 11) is 0. The van der Waals surface area contributed by atoms with Crippen LogP contribution in [0.3, 0.4) is 0 Å². The highest BCUT2D eigenvalue weighted by Crippen LogP contribution is 2.19. The van der Waals surface area contributed by atoms with Gasteiger partial charge in [0.15, 0.2) is 0 Å². The number of piperazine rings is 1. The second-order valence-corrected chi connectivity index (χ2v) is 10.5. The number of hydrogen-bond acceptors (Lipinski definition) is 3. The highest BCUT2D eigenvalue weighted by molar-refractivity contribution is 6.30. The van der Waals surface area contributed by atoms with E-state index in [2.05, 4.69) is 29.4 Å². The van der Waals surface area contributed by atoms with Crippen molar-refractivity contribution in [2.24, 2.45) is 0 Å². The molecule has 1 aliphatic heterocycles. The normalized spacial score (nSPS) is 13.8. The Bertz CT molecular complexity index is 1240. The minimum Gasteiger partial charge on any atom is -0.322 e. The van der Waals surface area contributed by atoms with Crippen LogP contribution in [-0.2, 0) is 6.54 Å². The summed E-state index contributed by atoms with van der Waals surface area (Å²) < 4.78 is 13.4. The van der Waals surface area contributed by atoms with Crippen molar-refractivity contribution in [3.8, 4) is 0 Å². The molecule has 0 radical (unpaired) electrons. The molecule has 7 nitrogen and oxygen atoms in total. The monoisotopic (exact) mass is 551 g/mol. The van der Waals surface area contributed by atoms with E-state index >= 15 is 0 Å². The van der Waals surface area contributed by atoms with Gasteiger partial charge in [0.05, 0.1) is 0 Å². The molecule has 9 heteroatoms. The first-order valence-electron chi connectivity index (χ1n) is 13.2. The van der Waals surface area contributed by atoms with E-state index < -0.39 is 0 Å². The molecule has 1 saturated heterocycles. The molecule has 3 aromatic rings. The number of amides is 4. The zero-order valence-corrected chi connectivity index (χ0v) is 23.1. The molecule has 0 aromatic heterocycles. The molecule has 0 unspecified atom stereocenters. The lowest BCUT2D eigenvalue weighted by atomic mass is 10.0. The van der Waals surface area contributed by atoms with E-state index in [0.717, 1.165) is 11.3 Å². The average Bonchev–Trinajstić information content (AvgIpc) is 2.92. The molecule has 206 valence electrons. The Kier molecular flexibility index (Phi) is 9.79. The fourth-order valence-electron chi connectivity index (χ4n) is 4.42. The Morgan fingerprint density at radius 2 is 1.62 bits per heavy atom. The van der Waals surface area contributed by atoms with Gasteiger partial charge in [-0.15, -0.1) is 0 Å². The second kappa shape index (κ2) is 13.4. The number of carbonyl (C=O) groups is 2. The summed E-state index contributed by atoms with van der Waals surface area (Å²) in [4.78, 5) is 31.7. The van der Waals surface area contributed by atoms with Gasteiger partial charge in [0.25, 0.3) is 0 Å². The smallest absolute Gasteiger partial charge is 0.322 e. The first-order valence-corrected chi connectivity index (χ1v) is 13.6. The van der Waals surface area contributed by atoms with Crippen molar-refractivity contribution in [3.63, 3.8) is 0 Å². The van der Waals surface area contributed by atoms with E-state index in [1.165, 1.54) is 17.7 Å². The van der Waals surface area contributed by atoms with Gasteiger partial charge in [0, 0.05) is 62.2 Å². The number of anilines is 2. The summed E-state index contributed by atoms with van der Waals surface area (Å²) in [6.45, 7) is 8.35. The Morgan fingerprint density at radius 1 is 0.923 bits per heavy atom. The minimum atomic E-state index is -0.317. The number of benzene rings is 3. The van der Waals surface area contributed by atoms with Crippen LogP contribution in [0.15, 0.2) is 72.8 Å². The topological polar surface area (TPSA) is 67.9 Å². The van der Waals surface area contributed by atoms with Gasteiger partial charge in [-0.25, -0.2) is 14.0 Å². The van der Waals surface area contributed by atoms with Gasteiger partial charge >= 0.3 is 12.1 Å². The predicted molar refractivity (Wildman–Crippen MR) is 155 cm³/mol. The molecule has 4 amide bonds. The summed E-state index contributed by atoms with van der Waals surface area (Å²) in [5.41, 5.74) is 3.46. The van der Waals surface area contributed by atoms with E-state index in [-0.39, 0.29) is 17.9 Å². The van der Waals surface area contributed by atoms with Gasteiger partial charge in [0.2, 0.25) is 0 Å². The summed E-state index contributed by atoms with van der Waals surface area (Å²) in [5, 5.41) is 6.43. The van der Waals surface area contributed by atoms with Crippen LogP contribution in [0.4, 0.5) is 25.4 Å². The largest absolute Gasteiger partial charge is 0.322 e. The molecule has 2 N–H and O–H groups in total. The Hall–Kier alpha value is -3.62. The van der Waals surface area contributed by atoms with E-state index in [0.29, 0.717) is 62.4 Å². The molecule has 0 aliphatic carbocycles. The summed E-state index contributed by atoms with van der Waals surface area (Å²) >= 11 is 6.07. The molecule has 1 fully saturated rings. The lowest BCUT2D eigenvalue weighted by Gasteiger charge is -2.35. The third-order valence-corrected chi connectivity index (χ3v) is 7.06. The third-order valence-electron chi connectivity index (χ3n) is 6.82. The summed E-state index contributed by atoms with van der Waals surface area (Å²) in [6.07, 6.45) is 0. The molecule has 39 heavy (non-hydrogen) atoms. The Morgan fingerprint density at radius 3 is 2.26 bits per heavy atom. The van der Waals surface area contributed by atoms with Crippen LogP contribution in [0.2, 0.25) is 5.02 Å². The van der Waals surface area contributed by atoms with Crippen LogP contribution in [0.5, 0.6) is 0 Å². The van der Waals surface area contributed by atoms with Crippen molar-refractivity contribution in [1.82, 2.24) is 14.7 Å². The number of nitrogens with zero attached hydrogens (tertiary/aromatic N) is 3. The quantitative estimate of drug-likeness (QED) is 0.336. The first kappa shape index (κ1) is 28.4. The third kappa shape index (κ3) is 8.43. The highest BCUT2D eigenvalue weighted by Gasteiger charge is 2.23. The van der Waals surface area contributed by atoms with Gasteiger partial charge in [-0.3, -0.25) is 4.90 Å². The zero-order chi connectivity index (χ0) is 27.8. The molecule has 4 rings (SSSR count). The molecule has 0 atom stereocenters. The van der Waals surface area contributed by atoms with E-state index in [1.807, 2.05) is 29.2 Å². The SMILES string of the molecule is CC(C)c1ccc(NC(=O)N2CCN(CCN(Cc3ccc(F)cc3)C(=O)Nc3cccc(Cl)c3)CC2)cc1. The van der Waals surface area contributed by atoms with Crippen LogP contribution >= 0.6 is 11.6 Å². The van der Waals surface area contributed by atoms with Crippen molar-refractivity contribution in [2.75, 3.05) is 49.9 Å². The number of rotatable bonds is 8. The highest BCUT2D eigenvalue weighted by atomic mass is 35.5. The van der Waals surface area contributed by atoms with Crippen molar-refractivity contribution in [1.29, 1.82) is 0 Å². The average molecular weight is 552 g/mol. The van der Waals surface area contributed by atoms with E-state index in [1.54, 1.807) is 41.3 Å². The van der Waals surface area contributed by atoms with Crippen LogP contribution in [0.1, 0.15) is 30.9 Å². The second-order valence-electron chi connectivity index (χ2n) is 10.0. The zero-order valence-electron chi connectivity index (χ0n) is 22.4. The van der Waals surface area contributed by atoms with Crippen molar-refractivity contribution in [2.45, 2.75) is 26.3 Å². The Balaban J connectivity index is 1.30. The van der Waals surface area contributed by atoms with Crippen LogP contribution in [0.25, 0.3) is 0 Å². The molecular formula is C30H35ClFN5O2. The number of halogens is 2. The summed E-state index contributed by atoms with van der Waals surface area (Å²) in [5.74, 6) is 0.125. The fourth-order valence-corrected chi connectivity index (χ4v) is 4.61. The van der Waals surface area contributed by atoms with Crippen molar-refractivity contribution in [3.05, 3.63) is 94.8 Å². The maximum absolute atomic E-state index is 13.4. The predicted octanol–water partition coefficient (Wildman–Crippen LogP) is 6.49. The minimum absolute atomic E-state index is 0.106. The molecule has 1 heterocycles. The molecule has 0 spiro atoms. The van der Waals surface area contributed by atoms with Crippen LogP contribution < -0.4 is 10.6 Å². The van der Waals surface area contributed by atoms with Gasteiger partial charge in [-0.2, -0.15) is 0 Å². The number of nitrogens with one attached hydrogen (secondary N) is 2. The lowest BCUT2D eigenvalue weighted by Crippen LogP contribution is -2.51. The number of urea groups is 2. The van der Waals surface area contributed by atoms with Crippen LogP contribution in [0, 0.1) is 5.82 Å². The van der Waals surface area contributed by atoms with Gasteiger partial charge in [-0.05, 0) is 59.5 Å². The first-order chi connectivity index (χ1) is 18.8. The molecule has 0 saturated carbocycles. The van der Waals surface area contributed by atoms with Gasteiger partial charge < -0.3 is 20.4 Å². The lowest BCUT2D eigenvalue weighted by molar-refractivity contribution is 0.136. The van der Waals surface area contributed by atoms with Crippen LogP contribution in [-0.4, -0.2) is 66.0 Å². The van der Waals surface area contributed by atoms with Gasteiger partial charge in [-0.1, -0.05) is 55.8 Å². The van der Waals surface area contributed by atoms with Crippen molar-refractivity contribution < 1.29 is 14.0 Å². The molecule has 1 aliphatic rings. The standard InChI is InChI=1S/C30H35ClFN5O2/c1-22(2)24-8-12-27(13-9-24)33-29(38)36-17-14-35(15-18-36)16-19-37(21-23-6-10-26(32)11-7-23)30(39)34-28-5-3-4-25(31)20-28/h3-13,20,22H,14-19,21H2,1-2H3,(H,33,38)(H,34,39). The number of carbonyl (C=O) groups excluding carboxylic acids is 2. The van der Waals surface area contributed by atoms with Crippen molar-refractivity contribution >= 4 is 35.0 Å². The van der Waals surface area contributed by atoms with Gasteiger partial charge in [0.1, 0.15) is 5.82 Å². The number of hydrogen-bond donors (Lipinski definition) is 2. The van der Waals surface area contributed by atoms with E-state index in [4.69, 9.17) is 11.6 Å². The molecule has 3 aromatic carbocycles. The van der Waals surface area contributed by atoms with E-state index in [9.17, 15) is 14.0 Å². The maximum Gasteiger partial charge on any atom is 0.322 e.